The Bertz CT molecular complexity index is 272. The molecule has 0 saturated carbocycles. The Morgan fingerprint density at radius 2 is 2.29 bits per heavy atom. The van der Waals surface area contributed by atoms with E-state index in [1.165, 1.54) is 11.3 Å². The van der Waals surface area contributed by atoms with Crippen molar-refractivity contribution in [3.63, 3.8) is 0 Å². The van der Waals surface area contributed by atoms with Crippen molar-refractivity contribution in [1.82, 2.24) is 9.88 Å². The SMILES string of the molecule is CCC(C)N(CC)Cc1cnc(N)s1. The Morgan fingerprint density at radius 3 is 2.71 bits per heavy atom. The molecule has 1 heterocycles. The molecule has 1 rings (SSSR count). The van der Waals surface area contributed by atoms with Crippen LogP contribution in [0.2, 0.25) is 0 Å². The lowest BCUT2D eigenvalue weighted by Crippen LogP contribution is -2.31. The minimum absolute atomic E-state index is 0.628. The summed E-state index contributed by atoms with van der Waals surface area (Å²) < 4.78 is 0. The van der Waals surface area contributed by atoms with E-state index in [0.717, 1.165) is 13.1 Å². The maximum atomic E-state index is 5.59. The van der Waals surface area contributed by atoms with Gasteiger partial charge >= 0.3 is 0 Å². The predicted molar refractivity (Wildman–Crippen MR) is 62.4 cm³/mol. The number of anilines is 1. The van der Waals surface area contributed by atoms with Gasteiger partial charge in [-0.25, -0.2) is 4.98 Å². The summed E-state index contributed by atoms with van der Waals surface area (Å²) in [6.45, 7) is 8.71. The number of nitrogens with two attached hydrogens (primary N) is 1. The molecule has 0 aromatic carbocycles. The van der Waals surface area contributed by atoms with E-state index < -0.39 is 0 Å². The molecule has 14 heavy (non-hydrogen) atoms. The fourth-order valence-corrected chi connectivity index (χ4v) is 2.14. The summed E-state index contributed by atoms with van der Waals surface area (Å²) in [6, 6.07) is 0.628. The highest BCUT2D eigenvalue weighted by Crippen LogP contribution is 2.18. The summed E-state index contributed by atoms with van der Waals surface area (Å²) in [4.78, 5) is 7.75. The first kappa shape index (κ1) is 11.5. The standard InChI is InChI=1S/C10H19N3S/c1-4-8(3)13(5-2)7-9-6-12-10(11)14-9/h6,8H,4-5,7H2,1-3H3,(H2,11,12). The predicted octanol–water partition coefficient (Wildman–Crippen LogP) is 2.35. The second kappa shape index (κ2) is 5.32. The van der Waals surface area contributed by atoms with Crippen LogP contribution in [0.5, 0.6) is 0 Å². The van der Waals surface area contributed by atoms with Crippen molar-refractivity contribution >= 4 is 16.5 Å². The molecule has 0 aliphatic heterocycles. The Morgan fingerprint density at radius 1 is 1.57 bits per heavy atom. The molecule has 0 saturated heterocycles. The van der Waals surface area contributed by atoms with Crippen molar-refractivity contribution in [1.29, 1.82) is 0 Å². The summed E-state index contributed by atoms with van der Waals surface area (Å²) in [5, 5.41) is 0.667. The van der Waals surface area contributed by atoms with Crippen molar-refractivity contribution in [2.75, 3.05) is 12.3 Å². The number of aromatic nitrogens is 1. The molecule has 0 fully saturated rings. The van der Waals surface area contributed by atoms with Gasteiger partial charge in [-0.1, -0.05) is 13.8 Å². The summed E-state index contributed by atoms with van der Waals surface area (Å²) in [5.41, 5.74) is 5.59. The molecule has 1 aromatic heterocycles. The van der Waals surface area contributed by atoms with E-state index in [1.807, 2.05) is 6.20 Å². The molecule has 0 aliphatic carbocycles. The molecule has 0 amide bonds. The van der Waals surface area contributed by atoms with Crippen molar-refractivity contribution in [3.8, 4) is 0 Å². The zero-order valence-electron chi connectivity index (χ0n) is 9.16. The molecule has 0 aliphatic rings. The van der Waals surface area contributed by atoms with Gasteiger partial charge in [-0.3, -0.25) is 4.90 Å². The van der Waals surface area contributed by atoms with Gasteiger partial charge < -0.3 is 5.73 Å². The van der Waals surface area contributed by atoms with Gasteiger partial charge in [0, 0.05) is 23.7 Å². The second-order valence-corrected chi connectivity index (χ2v) is 4.63. The second-order valence-electron chi connectivity index (χ2n) is 3.49. The lowest BCUT2D eigenvalue weighted by atomic mass is 10.2. The molecule has 0 spiro atoms. The number of hydrogen-bond donors (Lipinski definition) is 1. The molecular formula is C10H19N3S. The lowest BCUT2D eigenvalue weighted by molar-refractivity contribution is 0.208. The third-order valence-electron chi connectivity index (χ3n) is 2.55. The number of hydrogen-bond acceptors (Lipinski definition) is 4. The van der Waals surface area contributed by atoms with E-state index in [4.69, 9.17) is 5.73 Å². The van der Waals surface area contributed by atoms with E-state index in [-0.39, 0.29) is 0 Å². The molecule has 1 unspecified atom stereocenters. The zero-order valence-corrected chi connectivity index (χ0v) is 9.97. The van der Waals surface area contributed by atoms with E-state index in [9.17, 15) is 0 Å². The minimum atomic E-state index is 0.628. The molecule has 4 heteroatoms. The van der Waals surface area contributed by atoms with Gasteiger partial charge in [-0.05, 0) is 19.9 Å². The van der Waals surface area contributed by atoms with Gasteiger partial charge in [0.2, 0.25) is 0 Å². The van der Waals surface area contributed by atoms with Crippen LogP contribution in [-0.2, 0) is 6.54 Å². The van der Waals surface area contributed by atoms with Gasteiger partial charge in [-0.2, -0.15) is 0 Å². The maximum absolute atomic E-state index is 5.59. The molecule has 80 valence electrons. The maximum Gasteiger partial charge on any atom is 0.180 e. The van der Waals surface area contributed by atoms with Gasteiger partial charge in [0.15, 0.2) is 5.13 Å². The average Bonchev–Trinajstić information content (AvgIpc) is 2.59. The third kappa shape index (κ3) is 2.96. The van der Waals surface area contributed by atoms with Crippen LogP contribution in [0.3, 0.4) is 0 Å². The number of nitrogens with zero attached hydrogens (tertiary/aromatic N) is 2. The summed E-state index contributed by atoms with van der Waals surface area (Å²) in [5.74, 6) is 0. The fourth-order valence-electron chi connectivity index (χ4n) is 1.43. The highest BCUT2D eigenvalue weighted by Gasteiger charge is 2.11. The number of nitrogen functional groups attached to an aromatic ring is 1. The Hall–Kier alpha value is -0.610. The van der Waals surface area contributed by atoms with E-state index in [2.05, 4.69) is 30.7 Å². The van der Waals surface area contributed by atoms with Crippen LogP contribution < -0.4 is 5.73 Å². The molecule has 0 radical (unpaired) electrons. The fraction of sp³-hybridized carbons (Fsp3) is 0.700. The molecule has 1 atom stereocenters. The van der Waals surface area contributed by atoms with Crippen LogP contribution in [0.15, 0.2) is 6.20 Å². The van der Waals surface area contributed by atoms with Crippen LogP contribution in [0.25, 0.3) is 0 Å². The van der Waals surface area contributed by atoms with Crippen LogP contribution >= 0.6 is 11.3 Å². The molecular weight excluding hydrogens is 194 g/mol. The van der Waals surface area contributed by atoms with Gasteiger partial charge in [-0.15, -0.1) is 11.3 Å². The van der Waals surface area contributed by atoms with Crippen molar-refractivity contribution in [2.45, 2.75) is 39.8 Å². The van der Waals surface area contributed by atoms with Crippen molar-refractivity contribution in [2.24, 2.45) is 0 Å². The lowest BCUT2D eigenvalue weighted by Gasteiger charge is -2.25. The van der Waals surface area contributed by atoms with Crippen LogP contribution in [-0.4, -0.2) is 22.5 Å². The average molecular weight is 213 g/mol. The van der Waals surface area contributed by atoms with Crippen LogP contribution in [0.1, 0.15) is 32.1 Å². The Balaban J connectivity index is 2.56. The molecule has 2 N–H and O–H groups in total. The smallest absolute Gasteiger partial charge is 0.180 e. The third-order valence-corrected chi connectivity index (χ3v) is 3.36. The first-order valence-corrected chi connectivity index (χ1v) is 5.93. The van der Waals surface area contributed by atoms with E-state index in [1.54, 1.807) is 11.3 Å². The van der Waals surface area contributed by atoms with Crippen molar-refractivity contribution in [3.05, 3.63) is 11.1 Å². The van der Waals surface area contributed by atoms with Gasteiger partial charge in [0.1, 0.15) is 0 Å². The zero-order chi connectivity index (χ0) is 10.6. The quantitative estimate of drug-likeness (QED) is 0.816. The van der Waals surface area contributed by atoms with Crippen LogP contribution in [0.4, 0.5) is 5.13 Å². The summed E-state index contributed by atoms with van der Waals surface area (Å²) >= 11 is 1.58. The topological polar surface area (TPSA) is 42.2 Å². The van der Waals surface area contributed by atoms with Gasteiger partial charge in [0.05, 0.1) is 0 Å². The summed E-state index contributed by atoms with van der Waals surface area (Å²) in [7, 11) is 0. The van der Waals surface area contributed by atoms with E-state index >= 15 is 0 Å². The Kier molecular flexibility index (Phi) is 4.35. The first-order valence-electron chi connectivity index (χ1n) is 5.11. The number of thiazole rings is 1. The summed E-state index contributed by atoms with van der Waals surface area (Å²) in [6.07, 6.45) is 3.06. The van der Waals surface area contributed by atoms with Crippen LogP contribution in [0, 0.1) is 0 Å². The normalized spacial score (nSPS) is 13.4. The molecule has 0 bridgehead atoms. The van der Waals surface area contributed by atoms with E-state index in [0.29, 0.717) is 11.2 Å². The first-order chi connectivity index (χ1) is 6.67. The number of rotatable bonds is 5. The highest BCUT2D eigenvalue weighted by atomic mass is 32.1. The highest BCUT2D eigenvalue weighted by molar-refractivity contribution is 7.15. The van der Waals surface area contributed by atoms with Gasteiger partial charge in [0.25, 0.3) is 0 Å². The van der Waals surface area contributed by atoms with Crippen molar-refractivity contribution < 1.29 is 0 Å². The largest absolute Gasteiger partial charge is 0.375 e. The Labute approximate surface area is 89.9 Å². The molecule has 3 nitrogen and oxygen atoms in total. The molecule has 1 aromatic rings. The minimum Gasteiger partial charge on any atom is -0.375 e. The monoisotopic (exact) mass is 213 g/mol.